The van der Waals surface area contributed by atoms with Gasteiger partial charge in [-0.25, -0.2) is 0 Å². The van der Waals surface area contributed by atoms with Crippen molar-refractivity contribution in [1.29, 1.82) is 5.26 Å². The predicted octanol–water partition coefficient (Wildman–Crippen LogP) is 3.50. The second-order valence-corrected chi connectivity index (χ2v) is 9.27. The summed E-state index contributed by atoms with van der Waals surface area (Å²) >= 11 is 6.39. The molecular formula is C23H29ClN10O. The van der Waals surface area contributed by atoms with Gasteiger partial charge < -0.3 is 15.1 Å². The molecule has 184 valence electrons. The first-order valence-corrected chi connectivity index (χ1v) is 12.0. The average Bonchev–Trinajstić information content (AvgIpc) is 3.47. The fourth-order valence-corrected chi connectivity index (χ4v) is 4.42. The molecule has 1 amide bonds. The van der Waals surface area contributed by atoms with E-state index in [1.165, 1.54) is 0 Å². The Morgan fingerprint density at radius 2 is 2.26 bits per heavy atom. The van der Waals surface area contributed by atoms with Crippen LogP contribution in [0.5, 0.6) is 0 Å². The van der Waals surface area contributed by atoms with Crippen LogP contribution in [0.2, 0.25) is 5.15 Å². The number of rotatable bonds is 7. The average molecular weight is 497 g/mol. The van der Waals surface area contributed by atoms with Gasteiger partial charge in [-0.05, 0) is 25.7 Å². The molecule has 1 aliphatic heterocycles. The van der Waals surface area contributed by atoms with Crippen LogP contribution in [0.1, 0.15) is 33.6 Å². The van der Waals surface area contributed by atoms with E-state index in [1.54, 1.807) is 21.9 Å². The van der Waals surface area contributed by atoms with Gasteiger partial charge in [0, 0.05) is 38.9 Å². The topological polar surface area (TPSA) is 132 Å². The minimum absolute atomic E-state index is 0.0218. The molecule has 0 spiro atoms. The Kier molecular flexibility index (Phi) is 7.21. The van der Waals surface area contributed by atoms with Crippen molar-refractivity contribution >= 4 is 46.0 Å². The number of allylic oxidation sites excluding steroid dienone is 1. The van der Waals surface area contributed by atoms with Crippen LogP contribution < -0.4 is 10.2 Å². The van der Waals surface area contributed by atoms with Crippen molar-refractivity contribution in [3.63, 3.8) is 0 Å². The Bertz CT molecular complexity index is 1290. The van der Waals surface area contributed by atoms with Crippen molar-refractivity contribution in [1.82, 2.24) is 34.8 Å². The van der Waals surface area contributed by atoms with Crippen molar-refractivity contribution in [2.45, 2.75) is 46.2 Å². The molecule has 12 heteroatoms. The molecule has 0 aromatic carbocycles. The zero-order valence-electron chi connectivity index (χ0n) is 20.3. The number of aryl methyl sites for hydroxylation is 1. The molecule has 0 aliphatic carbocycles. The van der Waals surface area contributed by atoms with Crippen LogP contribution in [0, 0.1) is 17.2 Å². The highest BCUT2D eigenvalue weighted by atomic mass is 35.5. The van der Waals surface area contributed by atoms with E-state index in [1.807, 2.05) is 38.9 Å². The molecule has 4 rings (SSSR count). The molecule has 4 heterocycles. The van der Waals surface area contributed by atoms with Gasteiger partial charge in [0.15, 0.2) is 10.8 Å². The third-order valence-electron chi connectivity index (χ3n) is 5.99. The molecule has 1 aliphatic rings. The Hall–Kier alpha value is -3.65. The third kappa shape index (κ3) is 5.22. The number of nitrogens with one attached hydrogen (secondary N) is 2. The second kappa shape index (κ2) is 10.3. The monoisotopic (exact) mass is 496 g/mol. The number of nitriles is 1. The fourth-order valence-electron chi connectivity index (χ4n) is 4.21. The number of aromatic nitrogens is 6. The zero-order valence-corrected chi connectivity index (χ0v) is 21.0. The largest absolute Gasteiger partial charge is 0.354 e. The summed E-state index contributed by atoms with van der Waals surface area (Å²) in [4.78, 5) is 26.1. The molecule has 0 bridgehead atoms. The Balaban J connectivity index is 1.62. The first-order chi connectivity index (χ1) is 16.8. The lowest BCUT2D eigenvalue weighted by Crippen LogP contribution is -2.49. The smallest absolute Gasteiger partial charge is 0.264 e. The number of aromatic amines is 1. The zero-order chi connectivity index (χ0) is 25.1. The SMILES string of the molecule is CCn1cc(Nc2nc(N(C)[C@@H]3CCCN(C(=O)/C(C#N)=C/C(C)C)C3)c3c(Cl)n[nH]c3n2)cn1. The summed E-state index contributed by atoms with van der Waals surface area (Å²) in [7, 11) is 1.93. The number of likely N-dealkylation sites (N-methyl/N-ethyl adjacent to an activating group) is 1. The standard InChI is InChI=1S/C23H29ClN10O/c1-5-34-12-16(11-26-34)27-23-28-20-18(19(24)30-31-20)21(29-23)32(4)17-7-6-8-33(13-17)22(35)15(10-25)9-14(2)3/h9,11-12,14,17H,5-8,13H2,1-4H3,(H2,27,28,29,30,31)/b15-9+/t17-/m1/s1. The number of fused-ring (bicyclic) bond motifs is 1. The number of nitrogens with zero attached hydrogens (tertiary/aromatic N) is 8. The van der Waals surface area contributed by atoms with Gasteiger partial charge in [0.2, 0.25) is 5.95 Å². The van der Waals surface area contributed by atoms with Gasteiger partial charge in [-0.15, -0.1) is 0 Å². The minimum atomic E-state index is -0.233. The molecule has 0 saturated carbocycles. The summed E-state index contributed by atoms with van der Waals surface area (Å²) < 4.78 is 1.80. The van der Waals surface area contributed by atoms with E-state index in [9.17, 15) is 10.1 Å². The van der Waals surface area contributed by atoms with Crippen LogP contribution in [-0.2, 0) is 11.3 Å². The van der Waals surface area contributed by atoms with Gasteiger partial charge >= 0.3 is 0 Å². The molecule has 3 aromatic heterocycles. The number of carbonyl (C=O) groups is 1. The van der Waals surface area contributed by atoms with Crippen molar-refractivity contribution in [3.8, 4) is 6.07 Å². The maximum Gasteiger partial charge on any atom is 0.264 e. The summed E-state index contributed by atoms with van der Waals surface area (Å²) in [6, 6.07) is 2.04. The Morgan fingerprint density at radius 1 is 1.46 bits per heavy atom. The summed E-state index contributed by atoms with van der Waals surface area (Å²) in [5, 5.41) is 24.8. The fraction of sp³-hybridized carbons (Fsp3) is 0.478. The highest BCUT2D eigenvalue weighted by molar-refractivity contribution is 6.35. The van der Waals surface area contributed by atoms with E-state index in [4.69, 9.17) is 16.6 Å². The maximum absolute atomic E-state index is 13.0. The van der Waals surface area contributed by atoms with E-state index < -0.39 is 0 Å². The number of hydrogen-bond acceptors (Lipinski definition) is 8. The number of likely N-dealkylation sites (tertiary alicyclic amines) is 1. The van der Waals surface area contributed by atoms with E-state index in [0.29, 0.717) is 35.9 Å². The van der Waals surface area contributed by atoms with Crippen LogP contribution >= 0.6 is 11.6 Å². The molecule has 3 aromatic rings. The van der Waals surface area contributed by atoms with Gasteiger partial charge in [0.05, 0.1) is 11.9 Å². The minimum Gasteiger partial charge on any atom is -0.354 e. The number of piperidine rings is 1. The van der Waals surface area contributed by atoms with Crippen LogP contribution in [-0.4, -0.2) is 66.9 Å². The summed E-state index contributed by atoms with van der Waals surface area (Å²) in [5.74, 6) is 0.871. The van der Waals surface area contributed by atoms with Crippen LogP contribution in [0.3, 0.4) is 0 Å². The van der Waals surface area contributed by atoms with Crippen LogP contribution in [0.25, 0.3) is 11.0 Å². The number of hydrogen-bond donors (Lipinski definition) is 2. The van der Waals surface area contributed by atoms with Gasteiger partial charge in [-0.1, -0.05) is 31.5 Å². The quantitative estimate of drug-likeness (QED) is 0.375. The maximum atomic E-state index is 13.0. The molecule has 1 fully saturated rings. The van der Waals surface area contributed by atoms with Crippen molar-refractivity contribution in [2.24, 2.45) is 5.92 Å². The van der Waals surface area contributed by atoms with Crippen molar-refractivity contribution < 1.29 is 4.79 Å². The molecule has 11 nitrogen and oxygen atoms in total. The van der Waals surface area contributed by atoms with E-state index in [-0.39, 0.29) is 28.6 Å². The Morgan fingerprint density at radius 3 is 2.94 bits per heavy atom. The molecule has 1 saturated heterocycles. The third-order valence-corrected chi connectivity index (χ3v) is 6.26. The lowest BCUT2D eigenvalue weighted by molar-refractivity contribution is -0.127. The molecule has 1 atom stereocenters. The molecule has 2 N–H and O–H groups in total. The van der Waals surface area contributed by atoms with Crippen LogP contribution in [0.15, 0.2) is 24.0 Å². The number of halogens is 1. The number of carbonyl (C=O) groups excluding carboxylic acids is 1. The summed E-state index contributed by atoms with van der Waals surface area (Å²) in [6.07, 6.45) is 6.98. The van der Waals surface area contributed by atoms with Gasteiger partial charge in [-0.3, -0.25) is 14.6 Å². The second-order valence-electron chi connectivity index (χ2n) is 8.91. The van der Waals surface area contributed by atoms with Gasteiger partial charge in [0.25, 0.3) is 5.91 Å². The first-order valence-electron chi connectivity index (χ1n) is 11.7. The van der Waals surface area contributed by atoms with Crippen molar-refractivity contribution in [2.75, 3.05) is 30.4 Å². The van der Waals surface area contributed by atoms with Gasteiger partial charge in [-0.2, -0.15) is 25.4 Å². The highest BCUT2D eigenvalue weighted by Gasteiger charge is 2.30. The molecule has 0 radical (unpaired) electrons. The van der Waals surface area contributed by atoms with E-state index >= 15 is 0 Å². The summed E-state index contributed by atoms with van der Waals surface area (Å²) in [5.41, 5.74) is 1.46. The van der Waals surface area contributed by atoms with Gasteiger partial charge in [0.1, 0.15) is 22.8 Å². The number of H-pyrrole nitrogens is 1. The number of amides is 1. The normalized spacial score (nSPS) is 16.5. The molecule has 0 unspecified atom stereocenters. The lowest BCUT2D eigenvalue weighted by Gasteiger charge is -2.38. The number of anilines is 3. The lowest BCUT2D eigenvalue weighted by atomic mass is 10.0. The predicted molar refractivity (Wildman–Crippen MR) is 134 cm³/mol. The molecule has 35 heavy (non-hydrogen) atoms. The summed E-state index contributed by atoms with van der Waals surface area (Å²) in [6.45, 7) is 7.74. The molecular weight excluding hydrogens is 468 g/mol. The highest BCUT2D eigenvalue weighted by Crippen LogP contribution is 2.32. The van der Waals surface area contributed by atoms with Crippen molar-refractivity contribution in [3.05, 3.63) is 29.2 Å². The first kappa shape index (κ1) is 24.5. The van der Waals surface area contributed by atoms with E-state index in [2.05, 4.69) is 31.7 Å². The Labute approximate surface area is 208 Å². The van der Waals surface area contributed by atoms with E-state index in [0.717, 1.165) is 25.1 Å². The van der Waals surface area contributed by atoms with Crippen LogP contribution in [0.4, 0.5) is 17.5 Å².